The van der Waals surface area contributed by atoms with Gasteiger partial charge in [0, 0.05) is 24.7 Å². The highest BCUT2D eigenvalue weighted by Gasteiger charge is 2.62. The van der Waals surface area contributed by atoms with Crippen molar-refractivity contribution in [1.29, 1.82) is 0 Å². The van der Waals surface area contributed by atoms with Gasteiger partial charge in [0.05, 0.1) is 0 Å². The Bertz CT molecular complexity index is 633. The zero-order chi connectivity index (χ0) is 18.0. The van der Waals surface area contributed by atoms with Crippen molar-refractivity contribution in [3.63, 3.8) is 0 Å². The van der Waals surface area contributed by atoms with E-state index in [4.69, 9.17) is 4.84 Å². The lowest BCUT2D eigenvalue weighted by molar-refractivity contribution is -0.772. The Kier molecular flexibility index (Phi) is 3.75. The Morgan fingerprint density at radius 2 is 1.84 bits per heavy atom. The van der Waals surface area contributed by atoms with Crippen LogP contribution in [-0.2, 0) is 14.4 Å². The second-order valence-corrected chi connectivity index (χ2v) is 9.25. The number of ketones is 2. The Balaban J connectivity index is 1.71. The molecule has 0 bridgehead atoms. The molecule has 0 saturated heterocycles. The molecule has 4 fully saturated rings. The van der Waals surface area contributed by atoms with Gasteiger partial charge in [-0.15, -0.1) is 10.1 Å². The van der Waals surface area contributed by atoms with E-state index in [1.807, 2.05) is 0 Å². The second kappa shape index (κ2) is 5.52. The summed E-state index contributed by atoms with van der Waals surface area (Å²) >= 11 is 0. The Labute approximate surface area is 147 Å². The molecule has 6 nitrogen and oxygen atoms in total. The molecule has 25 heavy (non-hydrogen) atoms. The van der Waals surface area contributed by atoms with Gasteiger partial charge in [0.15, 0.2) is 0 Å². The standard InChI is InChI=1S/C19H27NO5/c1-18-7-5-11(21)9-15(18)16(25-20(23)24)10-12-13-3-4-17(22)19(13,2)8-6-14(12)18/h12-16H,3-10H2,1-2H3/t12-,13-,14-,15?,16-,18+,19-/m0/s1. The maximum absolute atomic E-state index is 12.5. The predicted octanol–water partition coefficient (Wildman–Crippen LogP) is 3.35. The maximum Gasteiger partial charge on any atom is 0.294 e. The summed E-state index contributed by atoms with van der Waals surface area (Å²) in [5, 5.41) is 10.4. The fraction of sp³-hybridized carbons (Fsp3) is 0.895. The molecule has 4 aliphatic carbocycles. The summed E-state index contributed by atoms with van der Waals surface area (Å²) < 4.78 is 0. The lowest BCUT2D eigenvalue weighted by atomic mass is 9.44. The summed E-state index contributed by atoms with van der Waals surface area (Å²) in [6.07, 6.45) is 5.35. The van der Waals surface area contributed by atoms with Crippen molar-refractivity contribution in [2.24, 2.45) is 34.5 Å². The molecule has 7 atom stereocenters. The molecule has 4 rings (SSSR count). The average molecular weight is 349 g/mol. The first-order chi connectivity index (χ1) is 11.8. The normalized spacial score (nSPS) is 49.1. The van der Waals surface area contributed by atoms with E-state index < -0.39 is 11.2 Å². The van der Waals surface area contributed by atoms with Crippen molar-refractivity contribution in [2.75, 3.05) is 0 Å². The smallest absolute Gasteiger partial charge is 0.294 e. The molecule has 0 N–H and O–H groups in total. The second-order valence-electron chi connectivity index (χ2n) is 9.25. The summed E-state index contributed by atoms with van der Waals surface area (Å²) in [5.74, 6) is 1.56. The van der Waals surface area contributed by atoms with Gasteiger partial charge in [-0.25, -0.2) is 0 Å². The molecule has 0 amide bonds. The van der Waals surface area contributed by atoms with Crippen LogP contribution in [0.25, 0.3) is 0 Å². The van der Waals surface area contributed by atoms with Crippen LogP contribution in [0.4, 0.5) is 0 Å². The third-order valence-electron chi connectivity index (χ3n) is 8.41. The zero-order valence-electron chi connectivity index (χ0n) is 15.0. The van der Waals surface area contributed by atoms with Gasteiger partial charge in [-0.1, -0.05) is 13.8 Å². The first kappa shape index (κ1) is 17.0. The van der Waals surface area contributed by atoms with Crippen LogP contribution in [-0.4, -0.2) is 22.8 Å². The van der Waals surface area contributed by atoms with Crippen molar-refractivity contribution in [1.82, 2.24) is 0 Å². The lowest BCUT2D eigenvalue weighted by Gasteiger charge is -2.60. The molecule has 6 heteroatoms. The number of fused-ring (bicyclic) bond motifs is 5. The summed E-state index contributed by atoms with van der Waals surface area (Å²) in [5.41, 5.74) is -0.349. The largest absolute Gasteiger partial charge is 0.310 e. The van der Waals surface area contributed by atoms with Gasteiger partial charge in [-0.05, 0) is 61.2 Å². The summed E-state index contributed by atoms with van der Waals surface area (Å²) in [4.78, 5) is 40.7. The first-order valence-corrected chi connectivity index (χ1v) is 9.62. The van der Waals surface area contributed by atoms with E-state index in [-0.39, 0.29) is 22.5 Å². The molecule has 0 radical (unpaired) electrons. The van der Waals surface area contributed by atoms with Crippen LogP contribution in [0.3, 0.4) is 0 Å². The van der Waals surface area contributed by atoms with Gasteiger partial charge in [-0.2, -0.15) is 0 Å². The number of Topliss-reactive ketones (excluding diaryl/α,β-unsaturated/α-hetero) is 2. The van der Waals surface area contributed by atoms with Gasteiger partial charge in [0.1, 0.15) is 17.7 Å². The van der Waals surface area contributed by atoms with Crippen LogP contribution < -0.4 is 0 Å². The molecule has 0 heterocycles. The number of rotatable bonds is 2. The minimum atomic E-state index is -0.688. The Morgan fingerprint density at radius 1 is 1.08 bits per heavy atom. The van der Waals surface area contributed by atoms with Crippen molar-refractivity contribution >= 4 is 11.6 Å². The molecule has 4 saturated carbocycles. The van der Waals surface area contributed by atoms with Crippen LogP contribution in [0.2, 0.25) is 0 Å². The minimum Gasteiger partial charge on any atom is -0.310 e. The van der Waals surface area contributed by atoms with Crippen molar-refractivity contribution in [3.8, 4) is 0 Å². The fourth-order valence-electron chi connectivity index (χ4n) is 7.06. The van der Waals surface area contributed by atoms with E-state index in [1.165, 1.54) is 0 Å². The summed E-state index contributed by atoms with van der Waals surface area (Å²) in [7, 11) is 0. The molecule has 1 unspecified atom stereocenters. The Hall–Kier alpha value is -1.46. The van der Waals surface area contributed by atoms with Gasteiger partial charge in [0.25, 0.3) is 5.09 Å². The van der Waals surface area contributed by atoms with Gasteiger partial charge in [-0.3, -0.25) is 9.59 Å². The molecule has 0 spiro atoms. The average Bonchev–Trinajstić information content (AvgIpc) is 2.84. The number of nitrogens with zero attached hydrogens (tertiary/aromatic N) is 1. The van der Waals surface area contributed by atoms with Crippen molar-refractivity contribution in [3.05, 3.63) is 10.1 Å². The number of carbonyl (C=O) groups is 2. The molecule has 0 aromatic heterocycles. The highest BCUT2D eigenvalue weighted by atomic mass is 17.0. The van der Waals surface area contributed by atoms with E-state index in [1.54, 1.807) is 0 Å². The molecule has 0 aliphatic heterocycles. The third kappa shape index (κ3) is 2.36. The topological polar surface area (TPSA) is 86.5 Å². The molecule has 138 valence electrons. The highest BCUT2D eigenvalue weighted by molar-refractivity contribution is 5.87. The molecule has 0 aromatic rings. The lowest BCUT2D eigenvalue weighted by Crippen LogP contribution is -2.58. The monoisotopic (exact) mass is 349 g/mol. The Morgan fingerprint density at radius 3 is 2.56 bits per heavy atom. The van der Waals surface area contributed by atoms with Crippen LogP contribution in [0.5, 0.6) is 0 Å². The summed E-state index contributed by atoms with van der Waals surface area (Å²) in [6, 6.07) is 0. The molecular weight excluding hydrogens is 322 g/mol. The van der Waals surface area contributed by atoms with Crippen molar-refractivity contribution < 1.29 is 19.5 Å². The summed E-state index contributed by atoms with van der Waals surface area (Å²) in [6.45, 7) is 4.32. The molecular formula is C19H27NO5. The number of hydrogen-bond acceptors (Lipinski definition) is 5. The van der Waals surface area contributed by atoms with Crippen LogP contribution in [0.1, 0.15) is 65.2 Å². The van der Waals surface area contributed by atoms with E-state index in [0.717, 1.165) is 25.7 Å². The van der Waals surface area contributed by atoms with E-state index in [2.05, 4.69) is 13.8 Å². The first-order valence-electron chi connectivity index (χ1n) is 9.62. The van der Waals surface area contributed by atoms with Gasteiger partial charge in [0.2, 0.25) is 0 Å². The minimum absolute atomic E-state index is 0.0677. The van der Waals surface area contributed by atoms with Crippen LogP contribution in [0.15, 0.2) is 0 Å². The van der Waals surface area contributed by atoms with Crippen molar-refractivity contribution in [2.45, 2.75) is 71.3 Å². The molecule has 0 aromatic carbocycles. The SMILES string of the molecule is C[C@]12CCC(=O)CC1[C@@H](O[N+](=O)[O-])C[C@@H]1[C@@H]2CC[C@]2(C)C(=O)CC[C@@H]12. The predicted molar refractivity (Wildman–Crippen MR) is 89.0 cm³/mol. The number of carbonyl (C=O) groups excluding carboxylic acids is 2. The van der Waals surface area contributed by atoms with E-state index in [9.17, 15) is 19.7 Å². The van der Waals surface area contributed by atoms with Crippen LogP contribution in [0, 0.1) is 44.6 Å². The fourth-order valence-corrected chi connectivity index (χ4v) is 7.06. The highest BCUT2D eigenvalue weighted by Crippen LogP contribution is 2.65. The quantitative estimate of drug-likeness (QED) is 0.563. The maximum atomic E-state index is 12.5. The third-order valence-corrected chi connectivity index (χ3v) is 8.41. The van der Waals surface area contributed by atoms with Crippen LogP contribution >= 0.6 is 0 Å². The number of hydrogen-bond donors (Lipinski definition) is 0. The van der Waals surface area contributed by atoms with Gasteiger partial charge < -0.3 is 4.84 Å². The van der Waals surface area contributed by atoms with E-state index >= 15 is 0 Å². The molecule has 4 aliphatic rings. The van der Waals surface area contributed by atoms with E-state index in [0.29, 0.717) is 49.2 Å². The van der Waals surface area contributed by atoms with Gasteiger partial charge >= 0.3 is 0 Å². The zero-order valence-corrected chi connectivity index (χ0v) is 15.0.